The molecule has 0 saturated carbocycles. The minimum absolute atomic E-state index is 0.0162. The first-order valence-electron chi connectivity index (χ1n) is 5.80. The standard InChI is InChI=1S/C14H11N3O2/c1-9-5-2-3-6-10(9)13-16-14(19-17-13)12-11(18)7-4-8-15-12/h2-8,18H,1H3. The molecule has 0 atom stereocenters. The molecule has 0 radical (unpaired) electrons. The quantitative estimate of drug-likeness (QED) is 0.760. The second-order valence-corrected chi connectivity index (χ2v) is 4.11. The average Bonchev–Trinajstić information content (AvgIpc) is 2.89. The largest absolute Gasteiger partial charge is 0.505 e. The van der Waals surface area contributed by atoms with Crippen molar-refractivity contribution < 1.29 is 9.63 Å². The van der Waals surface area contributed by atoms with Gasteiger partial charge in [0.05, 0.1) is 0 Å². The molecule has 3 aromatic rings. The van der Waals surface area contributed by atoms with E-state index in [1.807, 2.05) is 31.2 Å². The van der Waals surface area contributed by atoms with Gasteiger partial charge in [-0.1, -0.05) is 29.4 Å². The summed E-state index contributed by atoms with van der Waals surface area (Å²) >= 11 is 0. The van der Waals surface area contributed by atoms with E-state index >= 15 is 0 Å². The smallest absolute Gasteiger partial charge is 0.280 e. The Morgan fingerprint density at radius 1 is 1.11 bits per heavy atom. The third-order valence-corrected chi connectivity index (χ3v) is 2.80. The van der Waals surface area contributed by atoms with Crippen molar-refractivity contribution in [2.45, 2.75) is 6.92 Å². The lowest BCUT2D eigenvalue weighted by atomic mass is 10.1. The highest BCUT2D eigenvalue weighted by Gasteiger charge is 2.15. The van der Waals surface area contributed by atoms with Crippen LogP contribution < -0.4 is 0 Å². The predicted octanol–water partition coefficient (Wildman–Crippen LogP) is 2.81. The van der Waals surface area contributed by atoms with Crippen molar-refractivity contribution in [3.8, 4) is 28.7 Å². The molecule has 0 bridgehead atoms. The Hall–Kier alpha value is -2.69. The first kappa shape index (κ1) is 11.4. The average molecular weight is 253 g/mol. The Bertz CT molecular complexity index is 662. The Balaban J connectivity index is 2.06. The van der Waals surface area contributed by atoms with Gasteiger partial charge in [0.25, 0.3) is 5.89 Å². The van der Waals surface area contributed by atoms with E-state index in [2.05, 4.69) is 15.1 Å². The lowest BCUT2D eigenvalue weighted by Crippen LogP contribution is -1.86. The van der Waals surface area contributed by atoms with Gasteiger partial charge in [0, 0.05) is 11.8 Å². The van der Waals surface area contributed by atoms with Gasteiger partial charge >= 0.3 is 0 Å². The topological polar surface area (TPSA) is 72.0 Å². The zero-order valence-corrected chi connectivity index (χ0v) is 10.2. The fourth-order valence-electron chi connectivity index (χ4n) is 1.81. The number of aryl methyl sites for hydroxylation is 1. The Kier molecular flexibility index (Phi) is 2.72. The van der Waals surface area contributed by atoms with E-state index in [0.29, 0.717) is 5.82 Å². The first-order valence-corrected chi connectivity index (χ1v) is 5.80. The maximum Gasteiger partial charge on any atom is 0.280 e. The van der Waals surface area contributed by atoms with E-state index in [0.717, 1.165) is 11.1 Å². The molecule has 0 saturated heterocycles. The molecular weight excluding hydrogens is 242 g/mol. The number of hydrogen-bond acceptors (Lipinski definition) is 5. The lowest BCUT2D eigenvalue weighted by Gasteiger charge is -1.98. The summed E-state index contributed by atoms with van der Waals surface area (Å²) in [5, 5.41) is 13.6. The molecular formula is C14H11N3O2. The summed E-state index contributed by atoms with van der Waals surface area (Å²) in [5.41, 5.74) is 2.24. The molecule has 1 aromatic carbocycles. The minimum Gasteiger partial charge on any atom is -0.505 e. The van der Waals surface area contributed by atoms with Crippen molar-refractivity contribution in [2.75, 3.05) is 0 Å². The second kappa shape index (κ2) is 4.53. The number of aromatic nitrogens is 3. The van der Waals surface area contributed by atoms with Crippen LogP contribution in [-0.4, -0.2) is 20.2 Å². The molecule has 2 heterocycles. The van der Waals surface area contributed by atoms with E-state index in [1.54, 1.807) is 12.3 Å². The highest BCUT2D eigenvalue weighted by Crippen LogP contribution is 2.27. The van der Waals surface area contributed by atoms with E-state index in [9.17, 15) is 5.11 Å². The van der Waals surface area contributed by atoms with Crippen LogP contribution >= 0.6 is 0 Å². The molecule has 0 unspecified atom stereocenters. The van der Waals surface area contributed by atoms with Crippen molar-refractivity contribution in [3.63, 3.8) is 0 Å². The van der Waals surface area contributed by atoms with Gasteiger partial charge in [0.15, 0.2) is 5.69 Å². The van der Waals surface area contributed by atoms with Crippen molar-refractivity contribution in [2.24, 2.45) is 0 Å². The van der Waals surface area contributed by atoms with Gasteiger partial charge in [-0.2, -0.15) is 4.98 Å². The van der Waals surface area contributed by atoms with Gasteiger partial charge in [0.2, 0.25) is 5.82 Å². The first-order chi connectivity index (χ1) is 9.25. The summed E-state index contributed by atoms with van der Waals surface area (Å²) in [4.78, 5) is 8.30. The Labute approximate surface area is 109 Å². The van der Waals surface area contributed by atoms with Crippen LogP contribution in [0.1, 0.15) is 5.56 Å². The van der Waals surface area contributed by atoms with Crippen LogP contribution in [0.3, 0.4) is 0 Å². The highest BCUT2D eigenvalue weighted by atomic mass is 16.5. The van der Waals surface area contributed by atoms with E-state index in [-0.39, 0.29) is 17.3 Å². The third-order valence-electron chi connectivity index (χ3n) is 2.80. The molecule has 94 valence electrons. The maximum absolute atomic E-state index is 9.71. The van der Waals surface area contributed by atoms with E-state index in [4.69, 9.17) is 4.52 Å². The molecule has 0 aliphatic heterocycles. The van der Waals surface area contributed by atoms with Crippen LogP contribution in [0.4, 0.5) is 0 Å². The predicted molar refractivity (Wildman–Crippen MR) is 69.4 cm³/mol. The summed E-state index contributed by atoms with van der Waals surface area (Å²) in [5.74, 6) is 0.706. The monoisotopic (exact) mass is 253 g/mol. The molecule has 2 aromatic heterocycles. The molecule has 19 heavy (non-hydrogen) atoms. The van der Waals surface area contributed by atoms with Crippen LogP contribution in [0.25, 0.3) is 23.0 Å². The summed E-state index contributed by atoms with van der Waals surface area (Å²) in [6, 6.07) is 10.9. The molecule has 1 N–H and O–H groups in total. The van der Waals surface area contributed by atoms with Gasteiger partial charge in [-0.3, -0.25) is 0 Å². The number of nitrogens with zero attached hydrogens (tertiary/aromatic N) is 3. The molecule has 0 spiro atoms. The van der Waals surface area contributed by atoms with E-state index in [1.165, 1.54) is 6.07 Å². The zero-order chi connectivity index (χ0) is 13.2. The fraction of sp³-hybridized carbons (Fsp3) is 0.0714. The maximum atomic E-state index is 9.71. The molecule has 0 amide bonds. The second-order valence-electron chi connectivity index (χ2n) is 4.11. The summed E-state index contributed by atoms with van der Waals surface area (Å²) < 4.78 is 5.16. The van der Waals surface area contributed by atoms with Crippen molar-refractivity contribution in [1.29, 1.82) is 0 Å². The van der Waals surface area contributed by atoms with Crippen LogP contribution in [0.15, 0.2) is 47.1 Å². The molecule has 5 heteroatoms. The minimum atomic E-state index is 0.0162. The number of pyridine rings is 1. The van der Waals surface area contributed by atoms with Crippen molar-refractivity contribution in [1.82, 2.24) is 15.1 Å². The summed E-state index contributed by atoms with van der Waals surface area (Å²) in [6.07, 6.45) is 1.56. The van der Waals surface area contributed by atoms with Crippen LogP contribution in [0.2, 0.25) is 0 Å². The third kappa shape index (κ3) is 2.06. The van der Waals surface area contributed by atoms with Crippen LogP contribution in [0.5, 0.6) is 5.75 Å². The van der Waals surface area contributed by atoms with Crippen molar-refractivity contribution in [3.05, 3.63) is 48.2 Å². The Morgan fingerprint density at radius 3 is 2.74 bits per heavy atom. The summed E-state index contributed by atoms with van der Waals surface area (Å²) in [6.45, 7) is 1.98. The van der Waals surface area contributed by atoms with E-state index < -0.39 is 0 Å². The zero-order valence-electron chi connectivity index (χ0n) is 10.2. The van der Waals surface area contributed by atoms with Gasteiger partial charge in [0.1, 0.15) is 5.75 Å². The molecule has 3 rings (SSSR count). The fourth-order valence-corrected chi connectivity index (χ4v) is 1.81. The van der Waals surface area contributed by atoms with Gasteiger partial charge < -0.3 is 9.63 Å². The number of hydrogen-bond donors (Lipinski definition) is 1. The number of benzene rings is 1. The number of rotatable bonds is 2. The molecule has 0 aliphatic rings. The SMILES string of the molecule is Cc1ccccc1-c1noc(-c2ncccc2O)n1. The molecule has 0 fully saturated rings. The Morgan fingerprint density at radius 2 is 1.95 bits per heavy atom. The van der Waals surface area contributed by atoms with Crippen LogP contribution in [0, 0.1) is 6.92 Å². The molecule has 0 aliphatic carbocycles. The summed E-state index contributed by atoms with van der Waals surface area (Å²) in [7, 11) is 0. The lowest BCUT2D eigenvalue weighted by molar-refractivity contribution is 0.423. The molecule has 5 nitrogen and oxygen atoms in total. The van der Waals surface area contributed by atoms with Gasteiger partial charge in [-0.05, 0) is 24.6 Å². The normalized spacial score (nSPS) is 10.6. The van der Waals surface area contributed by atoms with Gasteiger partial charge in [-0.15, -0.1) is 0 Å². The van der Waals surface area contributed by atoms with Crippen molar-refractivity contribution >= 4 is 0 Å². The van der Waals surface area contributed by atoms with Crippen LogP contribution in [-0.2, 0) is 0 Å². The van der Waals surface area contributed by atoms with Gasteiger partial charge in [-0.25, -0.2) is 4.98 Å². The highest BCUT2D eigenvalue weighted by molar-refractivity contribution is 5.63. The number of aromatic hydroxyl groups is 1.